The van der Waals surface area contributed by atoms with Crippen molar-refractivity contribution in [3.63, 3.8) is 0 Å². The summed E-state index contributed by atoms with van der Waals surface area (Å²) in [6.07, 6.45) is -4.81. The first-order valence-corrected chi connectivity index (χ1v) is 9.21. The Morgan fingerprint density at radius 2 is 1.67 bits per heavy atom. The van der Waals surface area contributed by atoms with Crippen LogP contribution in [-0.4, -0.2) is 63.3 Å². The Bertz CT molecular complexity index is 907. The number of aliphatic hydroxyl groups is 3. The lowest BCUT2D eigenvalue weighted by atomic mass is 10.1. The van der Waals surface area contributed by atoms with Crippen molar-refractivity contribution in [2.24, 2.45) is 0 Å². The molecular formula is C16H16FNO8S. The van der Waals surface area contributed by atoms with Gasteiger partial charge in [0.1, 0.15) is 29.9 Å². The van der Waals surface area contributed by atoms with E-state index in [0.717, 1.165) is 0 Å². The Morgan fingerprint density at radius 1 is 1.00 bits per heavy atom. The van der Waals surface area contributed by atoms with E-state index < -0.39 is 46.0 Å². The van der Waals surface area contributed by atoms with Gasteiger partial charge in [-0.1, -0.05) is 12.1 Å². The molecule has 2 heterocycles. The molecule has 11 heteroatoms. The predicted molar refractivity (Wildman–Crippen MR) is 88.5 cm³/mol. The van der Waals surface area contributed by atoms with Crippen molar-refractivity contribution >= 4 is 10.1 Å². The molecule has 0 amide bonds. The van der Waals surface area contributed by atoms with E-state index in [0.29, 0.717) is 11.1 Å². The third kappa shape index (κ3) is 4.24. The summed E-state index contributed by atoms with van der Waals surface area (Å²) in [4.78, 5) is 3.94. The summed E-state index contributed by atoms with van der Waals surface area (Å²) in [5, 5.41) is 29.4. The van der Waals surface area contributed by atoms with Crippen LogP contribution in [0.2, 0.25) is 0 Å². The van der Waals surface area contributed by atoms with Gasteiger partial charge in [-0.05, 0) is 23.8 Å². The topological polar surface area (TPSA) is 146 Å². The van der Waals surface area contributed by atoms with Crippen LogP contribution >= 0.6 is 0 Å². The zero-order valence-corrected chi connectivity index (χ0v) is 14.4. The minimum absolute atomic E-state index is 0.0403. The van der Waals surface area contributed by atoms with Crippen molar-refractivity contribution in [3.8, 4) is 16.9 Å². The Kier molecular flexibility index (Phi) is 5.42. The van der Waals surface area contributed by atoms with Crippen LogP contribution in [0.4, 0.5) is 4.39 Å². The number of rotatable bonds is 4. The summed E-state index contributed by atoms with van der Waals surface area (Å²) in [5.74, 6) is -0.375. The van der Waals surface area contributed by atoms with Crippen LogP contribution < -0.4 is 4.74 Å². The average molecular weight is 401 g/mol. The highest BCUT2D eigenvalue weighted by molar-refractivity contribution is 7.86. The molecule has 0 radical (unpaired) electrons. The smallest absolute Gasteiger partial charge is 0.295 e. The van der Waals surface area contributed by atoms with E-state index in [1.54, 1.807) is 0 Å². The molecule has 1 aliphatic heterocycles. The summed E-state index contributed by atoms with van der Waals surface area (Å²) < 4.78 is 55.0. The minimum atomic E-state index is -4.89. The highest BCUT2D eigenvalue weighted by Gasteiger charge is 2.50. The van der Waals surface area contributed by atoms with Gasteiger partial charge in [-0.2, -0.15) is 8.42 Å². The molecular weight excluding hydrogens is 385 g/mol. The first kappa shape index (κ1) is 19.6. The fourth-order valence-electron chi connectivity index (χ4n) is 2.58. The number of aromatic nitrogens is 1. The summed E-state index contributed by atoms with van der Waals surface area (Å²) in [5.41, 5.74) is -1.05. The molecule has 1 saturated heterocycles. The van der Waals surface area contributed by atoms with Crippen LogP contribution in [0.15, 0.2) is 42.7 Å². The van der Waals surface area contributed by atoms with E-state index >= 15 is 0 Å². The SMILES string of the molecule is O=S(=O)(O)C1O[C@@H](Oc2cncc(-c3ccc(F)cc3)c2)[C@H](O)[C@@H](O)[C@@H]1O. The van der Waals surface area contributed by atoms with E-state index in [-0.39, 0.29) is 5.75 Å². The van der Waals surface area contributed by atoms with Gasteiger partial charge < -0.3 is 24.8 Å². The number of hydrogen-bond acceptors (Lipinski definition) is 8. The lowest BCUT2D eigenvalue weighted by molar-refractivity contribution is -0.254. The molecule has 1 aromatic carbocycles. The monoisotopic (exact) mass is 401 g/mol. The van der Waals surface area contributed by atoms with Gasteiger partial charge in [0.15, 0.2) is 0 Å². The Labute approximate surface area is 153 Å². The fraction of sp³-hybridized carbons (Fsp3) is 0.312. The Hall–Kier alpha value is -2.15. The lowest BCUT2D eigenvalue weighted by Gasteiger charge is -2.38. The van der Waals surface area contributed by atoms with Crippen LogP contribution in [-0.2, 0) is 14.9 Å². The molecule has 9 nitrogen and oxygen atoms in total. The second-order valence-corrected chi connectivity index (χ2v) is 7.39. The van der Waals surface area contributed by atoms with Crippen molar-refractivity contribution in [2.75, 3.05) is 0 Å². The van der Waals surface area contributed by atoms with Crippen molar-refractivity contribution in [2.45, 2.75) is 30.0 Å². The van der Waals surface area contributed by atoms with E-state index in [1.807, 2.05) is 0 Å². The second kappa shape index (κ2) is 7.46. The number of benzene rings is 1. The van der Waals surface area contributed by atoms with Gasteiger partial charge in [-0.25, -0.2) is 4.39 Å². The van der Waals surface area contributed by atoms with Gasteiger partial charge in [0.2, 0.25) is 11.7 Å². The number of aliphatic hydroxyl groups excluding tert-OH is 3. The third-order valence-electron chi connectivity index (χ3n) is 3.96. The summed E-state index contributed by atoms with van der Waals surface area (Å²) in [6.45, 7) is 0. The molecule has 0 spiro atoms. The first-order chi connectivity index (χ1) is 12.7. The maximum Gasteiger partial charge on any atom is 0.295 e. The van der Waals surface area contributed by atoms with Crippen LogP contribution in [0.5, 0.6) is 5.75 Å². The second-order valence-electron chi connectivity index (χ2n) is 5.89. The zero-order chi connectivity index (χ0) is 19.8. The molecule has 0 saturated carbocycles. The maximum absolute atomic E-state index is 13.0. The van der Waals surface area contributed by atoms with Crippen LogP contribution in [0.3, 0.4) is 0 Å². The molecule has 27 heavy (non-hydrogen) atoms. The first-order valence-electron chi connectivity index (χ1n) is 7.70. The van der Waals surface area contributed by atoms with Gasteiger partial charge in [0.25, 0.3) is 10.1 Å². The van der Waals surface area contributed by atoms with Crippen LogP contribution in [0, 0.1) is 5.82 Å². The Morgan fingerprint density at radius 3 is 2.30 bits per heavy atom. The lowest BCUT2D eigenvalue weighted by Crippen LogP contribution is -2.61. The van der Waals surface area contributed by atoms with Gasteiger partial charge in [0, 0.05) is 11.8 Å². The number of pyridine rings is 1. The van der Waals surface area contributed by atoms with Crippen LogP contribution in [0.25, 0.3) is 11.1 Å². The summed E-state index contributed by atoms with van der Waals surface area (Å²) >= 11 is 0. The summed E-state index contributed by atoms with van der Waals surface area (Å²) in [6, 6.07) is 7.00. The molecule has 5 atom stereocenters. The molecule has 3 rings (SSSR count). The standard InChI is InChI=1S/C16H16FNO8S/c17-10-3-1-8(2-4-10)9-5-11(7-18-6-9)25-15-13(20)12(19)14(21)16(26-15)27(22,23)24/h1-7,12-16,19-21H,(H,22,23,24)/t12-,13-,14+,15-,16?/m1/s1. The van der Waals surface area contributed by atoms with Crippen molar-refractivity contribution < 1.29 is 42.2 Å². The Balaban J connectivity index is 1.83. The van der Waals surface area contributed by atoms with Crippen molar-refractivity contribution in [1.29, 1.82) is 0 Å². The number of nitrogens with zero attached hydrogens (tertiary/aromatic N) is 1. The molecule has 0 aliphatic carbocycles. The fourth-order valence-corrected chi connectivity index (χ4v) is 3.34. The van der Waals surface area contributed by atoms with Gasteiger partial charge >= 0.3 is 0 Å². The molecule has 1 aromatic heterocycles. The molecule has 2 aromatic rings. The highest BCUT2D eigenvalue weighted by atomic mass is 32.2. The maximum atomic E-state index is 13.0. The molecule has 146 valence electrons. The predicted octanol–water partition coefficient (Wildman–Crippen LogP) is -0.0806. The quantitative estimate of drug-likeness (QED) is 0.517. The van der Waals surface area contributed by atoms with Crippen LogP contribution in [0.1, 0.15) is 0 Å². The number of halogens is 1. The molecule has 1 unspecified atom stereocenters. The third-order valence-corrected chi connectivity index (χ3v) is 4.94. The molecule has 1 aliphatic rings. The highest BCUT2D eigenvalue weighted by Crippen LogP contribution is 2.28. The average Bonchev–Trinajstić information content (AvgIpc) is 2.62. The molecule has 1 fully saturated rings. The van der Waals surface area contributed by atoms with Crippen molar-refractivity contribution in [3.05, 3.63) is 48.5 Å². The van der Waals surface area contributed by atoms with Gasteiger partial charge in [-0.3, -0.25) is 9.54 Å². The van der Waals surface area contributed by atoms with Gasteiger partial charge in [0.05, 0.1) is 6.20 Å². The zero-order valence-electron chi connectivity index (χ0n) is 13.6. The molecule has 4 N–H and O–H groups in total. The van der Waals surface area contributed by atoms with E-state index in [9.17, 15) is 28.1 Å². The summed E-state index contributed by atoms with van der Waals surface area (Å²) in [7, 11) is -4.89. The van der Waals surface area contributed by atoms with E-state index in [4.69, 9.17) is 14.0 Å². The number of ether oxygens (including phenoxy) is 2. The van der Waals surface area contributed by atoms with Gasteiger partial charge in [-0.15, -0.1) is 0 Å². The van der Waals surface area contributed by atoms with Crippen molar-refractivity contribution in [1.82, 2.24) is 4.98 Å². The molecule has 0 bridgehead atoms. The normalized spacial score (nSPS) is 28.7. The van der Waals surface area contributed by atoms with E-state index in [1.165, 1.54) is 42.7 Å². The number of hydrogen-bond donors (Lipinski definition) is 4. The van der Waals surface area contributed by atoms with E-state index in [2.05, 4.69) is 4.98 Å². The minimum Gasteiger partial charge on any atom is -0.460 e. The largest absolute Gasteiger partial charge is 0.460 e.